The third-order valence-corrected chi connectivity index (χ3v) is 3.74. The molecular formula is C14H15N3O3S. The molecule has 0 bridgehead atoms. The molecule has 0 aliphatic heterocycles. The number of carboxylic acids is 1. The maximum absolute atomic E-state index is 11.8. The zero-order valence-corrected chi connectivity index (χ0v) is 12.5. The summed E-state index contributed by atoms with van der Waals surface area (Å²) in [5, 5.41) is 15.4. The van der Waals surface area contributed by atoms with Crippen LogP contribution in [-0.4, -0.2) is 22.1 Å². The average molecular weight is 305 g/mol. The number of carbonyl (C=O) groups is 2. The SMILES string of the molecule is Cc1ncc(CNC(=O)Nc2cccc(C)c2C(=O)O)s1. The van der Waals surface area contributed by atoms with E-state index in [0.717, 1.165) is 9.88 Å². The van der Waals surface area contributed by atoms with Gasteiger partial charge in [0, 0.05) is 11.1 Å². The van der Waals surface area contributed by atoms with Crippen LogP contribution >= 0.6 is 11.3 Å². The fraction of sp³-hybridized carbons (Fsp3) is 0.214. The first-order chi connectivity index (χ1) is 9.97. The zero-order chi connectivity index (χ0) is 15.4. The van der Waals surface area contributed by atoms with Gasteiger partial charge in [-0.15, -0.1) is 11.3 Å². The lowest BCUT2D eigenvalue weighted by Gasteiger charge is -2.11. The lowest BCUT2D eigenvalue weighted by molar-refractivity contribution is 0.0697. The molecule has 0 aliphatic rings. The van der Waals surface area contributed by atoms with Crippen LogP contribution in [0.3, 0.4) is 0 Å². The second-order valence-electron chi connectivity index (χ2n) is 4.46. The Hall–Kier alpha value is -2.41. The average Bonchev–Trinajstić information content (AvgIpc) is 2.82. The highest BCUT2D eigenvalue weighted by Gasteiger charge is 2.14. The number of carboxylic acid groups (broad SMARTS) is 1. The molecule has 0 fully saturated rings. The number of carbonyl (C=O) groups excluding carboxylic acids is 1. The Labute approximate surface area is 125 Å². The van der Waals surface area contributed by atoms with Gasteiger partial charge in [-0.2, -0.15) is 0 Å². The van der Waals surface area contributed by atoms with Crippen LogP contribution in [0.2, 0.25) is 0 Å². The van der Waals surface area contributed by atoms with E-state index < -0.39 is 12.0 Å². The molecule has 21 heavy (non-hydrogen) atoms. The first-order valence-corrected chi connectivity index (χ1v) is 7.08. The number of thiazole rings is 1. The van der Waals surface area contributed by atoms with Crippen molar-refractivity contribution < 1.29 is 14.7 Å². The number of aromatic carboxylic acids is 1. The zero-order valence-electron chi connectivity index (χ0n) is 11.6. The standard InChI is InChI=1S/C14H15N3O3S/c1-8-4-3-5-11(12(8)13(18)19)17-14(20)16-7-10-6-15-9(2)21-10/h3-6H,7H2,1-2H3,(H,18,19)(H2,16,17,20). The minimum absolute atomic E-state index is 0.0984. The highest BCUT2D eigenvalue weighted by molar-refractivity contribution is 7.11. The maximum Gasteiger partial charge on any atom is 0.338 e. The molecule has 6 nitrogen and oxygen atoms in total. The second-order valence-corrected chi connectivity index (χ2v) is 5.78. The van der Waals surface area contributed by atoms with Crippen LogP contribution in [-0.2, 0) is 6.54 Å². The first-order valence-electron chi connectivity index (χ1n) is 6.26. The van der Waals surface area contributed by atoms with Gasteiger partial charge in [-0.1, -0.05) is 12.1 Å². The number of amides is 2. The number of hydrogen-bond donors (Lipinski definition) is 3. The number of nitrogens with zero attached hydrogens (tertiary/aromatic N) is 1. The molecule has 2 rings (SSSR count). The quantitative estimate of drug-likeness (QED) is 0.810. The van der Waals surface area contributed by atoms with Crippen LogP contribution < -0.4 is 10.6 Å². The predicted octanol–water partition coefficient (Wildman–Crippen LogP) is 2.78. The molecule has 2 aromatic rings. The fourth-order valence-corrected chi connectivity index (χ4v) is 2.61. The van der Waals surface area contributed by atoms with Gasteiger partial charge in [0.2, 0.25) is 0 Å². The molecule has 3 N–H and O–H groups in total. The molecule has 0 atom stereocenters. The van der Waals surface area contributed by atoms with E-state index in [4.69, 9.17) is 0 Å². The monoisotopic (exact) mass is 305 g/mol. The smallest absolute Gasteiger partial charge is 0.338 e. The summed E-state index contributed by atoms with van der Waals surface area (Å²) in [7, 11) is 0. The Balaban J connectivity index is 2.03. The van der Waals surface area contributed by atoms with E-state index in [9.17, 15) is 14.7 Å². The summed E-state index contributed by atoms with van der Waals surface area (Å²) in [6, 6.07) is 4.50. The van der Waals surface area contributed by atoms with Gasteiger partial charge in [-0.25, -0.2) is 14.6 Å². The van der Waals surface area contributed by atoms with Crippen LogP contribution in [0, 0.1) is 13.8 Å². The number of rotatable bonds is 4. The van der Waals surface area contributed by atoms with Crippen LogP contribution in [0.1, 0.15) is 25.8 Å². The summed E-state index contributed by atoms with van der Waals surface area (Å²) in [6.45, 7) is 3.93. The molecule has 0 saturated heterocycles. The summed E-state index contributed by atoms with van der Waals surface area (Å²) in [4.78, 5) is 28.1. The van der Waals surface area contributed by atoms with Crippen LogP contribution in [0.4, 0.5) is 10.5 Å². The normalized spacial score (nSPS) is 10.2. The van der Waals surface area contributed by atoms with Crippen molar-refractivity contribution in [1.82, 2.24) is 10.3 Å². The molecule has 1 heterocycles. The Morgan fingerprint density at radius 3 is 2.71 bits per heavy atom. The van der Waals surface area contributed by atoms with E-state index >= 15 is 0 Å². The predicted molar refractivity (Wildman–Crippen MR) is 80.8 cm³/mol. The third kappa shape index (κ3) is 3.79. The minimum atomic E-state index is -1.07. The topological polar surface area (TPSA) is 91.3 Å². The van der Waals surface area contributed by atoms with Crippen molar-refractivity contribution in [3.8, 4) is 0 Å². The van der Waals surface area contributed by atoms with Crippen molar-refractivity contribution in [3.63, 3.8) is 0 Å². The molecule has 1 aromatic heterocycles. The van der Waals surface area contributed by atoms with E-state index in [1.807, 2.05) is 6.92 Å². The molecule has 0 radical (unpaired) electrons. The van der Waals surface area contributed by atoms with Gasteiger partial charge in [0.1, 0.15) is 0 Å². The molecule has 0 spiro atoms. The number of aryl methyl sites for hydroxylation is 2. The highest BCUT2D eigenvalue weighted by atomic mass is 32.1. The summed E-state index contributed by atoms with van der Waals surface area (Å²) in [5.74, 6) is -1.07. The molecule has 0 aliphatic carbocycles. The number of nitrogens with one attached hydrogen (secondary N) is 2. The van der Waals surface area contributed by atoms with Crippen LogP contribution in [0.5, 0.6) is 0 Å². The van der Waals surface area contributed by atoms with Gasteiger partial charge in [0.05, 0.1) is 22.8 Å². The van der Waals surface area contributed by atoms with Crippen molar-refractivity contribution in [2.24, 2.45) is 0 Å². The van der Waals surface area contributed by atoms with Gasteiger partial charge < -0.3 is 15.7 Å². The van der Waals surface area contributed by atoms with Crippen molar-refractivity contribution in [3.05, 3.63) is 45.4 Å². The van der Waals surface area contributed by atoms with E-state index in [-0.39, 0.29) is 11.3 Å². The largest absolute Gasteiger partial charge is 0.478 e. The molecule has 1 aromatic carbocycles. The van der Waals surface area contributed by atoms with Gasteiger partial charge in [0.15, 0.2) is 0 Å². The Morgan fingerprint density at radius 1 is 1.33 bits per heavy atom. The van der Waals surface area contributed by atoms with E-state index in [1.54, 1.807) is 31.3 Å². The van der Waals surface area contributed by atoms with Crippen LogP contribution in [0.25, 0.3) is 0 Å². The summed E-state index contributed by atoms with van der Waals surface area (Å²) in [6.07, 6.45) is 1.70. The molecule has 2 amide bonds. The summed E-state index contributed by atoms with van der Waals surface area (Å²) >= 11 is 1.50. The van der Waals surface area contributed by atoms with E-state index in [0.29, 0.717) is 12.1 Å². The van der Waals surface area contributed by atoms with Gasteiger partial charge >= 0.3 is 12.0 Å². The van der Waals surface area contributed by atoms with Crippen molar-refractivity contribution in [2.75, 3.05) is 5.32 Å². The van der Waals surface area contributed by atoms with Crippen molar-refractivity contribution in [2.45, 2.75) is 20.4 Å². The van der Waals surface area contributed by atoms with Crippen molar-refractivity contribution in [1.29, 1.82) is 0 Å². The van der Waals surface area contributed by atoms with E-state index in [2.05, 4.69) is 15.6 Å². The lowest BCUT2D eigenvalue weighted by atomic mass is 10.1. The number of hydrogen-bond acceptors (Lipinski definition) is 4. The second kappa shape index (κ2) is 6.36. The third-order valence-electron chi connectivity index (χ3n) is 2.83. The maximum atomic E-state index is 11.8. The van der Waals surface area contributed by atoms with Gasteiger partial charge in [-0.05, 0) is 25.5 Å². The molecular weight excluding hydrogens is 290 g/mol. The van der Waals surface area contributed by atoms with Gasteiger partial charge in [0.25, 0.3) is 0 Å². The van der Waals surface area contributed by atoms with Crippen LogP contribution in [0.15, 0.2) is 24.4 Å². The molecule has 0 saturated carbocycles. The minimum Gasteiger partial charge on any atom is -0.478 e. The Bertz CT molecular complexity index is 682. The molecule has 110 valence electrons. The van der Waals surface area contributed by atoms with Crippen molar-refractivity contribution >= 4 is 29.0 Å². The number of benzene rings is 1. The van der Waals surface area contributed by atoms with E-state index in [1.165, 1.54) is 11.3 Å². The summed E-state index contributed by atoms with van der Waals surface area (Å²) in [5.41, 5.74) is 0.972. The molecule has 0 unspecified atom stereocenters. The highest BCUT2D eigenvalue weighted by Crippen LogP contribution is 2.19. The number of urea groups is 1. The number of aromatic nitrogens is 1. The Kier molecular flexibility index (Phi) is 4.54. The lowest BCUT2D eigenvalue weighted by Crippen LogP contribution is -2.28. The first kappa shape index (κ1) is 15.0. The fourth-order valence-electron chi connectivity index (χ4n) is 1.88. The van der Waals surface area contributed by atoms with Gasteiger partial charge in [-0.3, -0.25) is 0 Å². The molecule has 7 heteroatoms. The summed E-state index contributed by atoms with van der Waals surface area (Å²) < 4.78 is 0. The Morgan fingerprint density at radius 2 is 2.10 bits per heavy atom. The number of anilines is 1.